The van der Waals surface area contributed by atoms with Gasteiger partial charge in [0.1, 0.15) is 0 Å². The van der Waals surface area contributed by atoms with Crippen molar-refractivity contribution in [3.8, 4) is 0 Å². The van der Waals surface area contributed by atoms with Crippen LogP contribution in [0.5, 0.6) is 0 Å². The zero-order valence-electron chi connectivity index (χ0n) is 10.6. The summed E-state index contributed by atoms with van der Waals surface area (Å²) in [6.45, 7) is 2.13. The van der Waals surface area contributed by atoms with Crippen molar-refractivity contribution in [2.24, 2.45) is 0 Å². The second kappa shape index (κ2) is 5.59. The molecule has 1 aromatic carbocycles. The van der Waals surface area contributed by atoms with Crippen molar-refractivity contribution >= 4 is 33.5 Å². The quantitative estimate of drug-likeness (QED) is 0.819. The van der Waals surface area contributed by atoms with Gasteiger partial charge >= 0.3 is 0 Å². The van der Waals surface area contributed by atoms with E-state index in [9.17, 15) is 0 Å². The number of hydrogen-bond donors (Lipinski definition) is 1. The van der Waals surface area contributed by atoms with Gasteiger partial charge in [-0.2, -0.15) is 0 Å². The number of benzene rings is 1. The standard InChI is InChI=1S/C14H18N2S2.H2/c1-10-6-5-9-12-13(10)15-14(17-12)18-16-11-7-3-2-4-8-11;/h5-6,9,11,16H,2-4,7-8H2,1H3;1H. The molecule has 1 saturated carbocycles. The molecule has 18 heavy (non-hydrogen) atoms. The third-order valence-corrected chi connectivity index (χ3v) is 5.55. The lowest BCUT2D eigenvalue weighted by Crippen LogP contribution is -2.25. The molecule has 0 saturated heterocycles. The van der Waals surface area contributed by atoms with Gasteiger partial charge < -0.3 is 0 Å². The minimum atomic E-state index is 0. The van der Waals surface area contributed by atoms with Gasteiger partial charge in [-0.1, -0.05) is 31.4 Å². The van der Waals surface area contributed by atoms with E-state index >= 15 is 0 Å². The maximum Gasteiger partial charge on any atom is 0.166 e. The fourth-order valence-corrected chi connectivity index (χ4v) is 4.46. The lowest BCUT2D eigenvalue weighted by Gasteiger charge is -2.21. The number of aromatic nitrogens is 1. The van der Waals surface area contributed by atoms with Gasteiger partial charge in [-0.05, 0) is 43.3 Å². The molecule has 0 aliphatic heterocycles. The van der Waals surface area contributed by atoms with E-state index in [1.165, 1.54) is 42.4 Å². The second-order valence-electron chi connectivity index (χ2n) is 4.96. The Hall–Kier alpha value is -0.580. The van der Waals surface area contributed by atoms with Crippen LogP contribution in [0.2, 0.25) is 0 Å². The monoisotopic (exact) mass is 280 g/mol. The van der Waals surface area contributed by atoms with E-state index in [1.54, 1.807) is 23.3 Å². The lowest BCUT2D eigenvalue weighted by atomic mass is 9.96. The molecule has 4 heteroatoms. The van der Waals surface area contributed by atoms with Gasteiger partial charge in [-0.15, -0.1) is 11.3 Å². The van der Waals surface area contributed by atoms with Crippen LogP contribution in [0.15, 0.2) is 22.5 Å². The van der Waals surface area contributed by atoms with Crippen LogP contribution in [0.25, 0.3) is 10.2 Å². The predicted molar refractivity (Wildman–Crippen MR) is 82.3 cm³/mol. The zero-order valence-corrected chi connectivity index (χ0v) is 12.2. The van der Waals surface area contributed by atoms with Crippen LogP contribution in [-0.2, 0) is 0 Å². The van der Waals surface area contributed by atoms with Gasteiger partial charge in [0.2, 0.25) is 0 Å². The van der Waals surface area contributed by atoms with Crippen molar-refractivity contribution in [3.05, 3.63) is 23.8 Å². The first-order chi connectivity index (χ1) is 8.83. The van der Waals surface area contributed by atoms with Crippen molar-refractivity contribution in [1.29, 1.82) is 0 Å². The normalized spacial score (nSPS) is 17.4. The molecule has 0 radical (unpaired) electrons. The first-order valence-electron chi connectivity index (χ1n) is 6.61. The zero-order chi connectivity index (χ0) is 12.4. The number of nitrogens with zero attached hydrogens (tertiary/aromatic N) is 1. The SMILES string of the molecule is Cc1cccc2sc(SNC3CCCCC3)nc12.[HH]. The Labute approximate surface area is 118 Å². The number of para-hydroxylation sites is 1. The van der Waals surface area contributed by atoms with E-state index in [0.29, 0.717) is 6.04 Å². The number of fused-ring (bicyclic) bond motifs is 1. The second-order valence-corrected chi connectivity index (χ2v) is 7.07. The molecule has 2 aromatic rings. The molecule has 0 atom stereocenters. The molecule has 0 amide bonds. The molecule has 2 nitrogen and oxygen atoms in total. The summed E-state index contributed by atoms with van der Waals surface area (Å²) in [5.74, 6) is 0. The maximum atomic E-state index is 4.72. The summed E-state index contributed by atoms with van der Waals surface area (Å²) in [7, 11) is 0. The van der Waals surface area contributed by atoms with Crippen LogP contribution in [0.3, 0.4) is 0 Å². The summed E-state index contributed by atoms with van der Waals surface area (Å²) >= 11 is 3.51. The number of aryl methyl sites for hydroxylation is 1. The first-order valence-corrected chi connectivity index (χ1v) is 8.25. The van der Waals surface area contributed by atoms with Crippen LogP contribution in [0.4, 0.5) is 0 Å². The van der Waals surface area contributed by atoms with Gasteiger partial charge in [-0.3, -0.25) is 4.72 Å². The van der Waals surface area contributed by atoms with E-state index in [0.717, 1.165) is 9.86 Å². The fourth-order valence-electron chi connectivity index (χ4n) is 2.46. The minimum absolute atomic E-state index is 0. The highest BCUT2D eigenvalue weighted by molar-refractivity contribution is 7.99. The highest BCUT2D eigenvalue weighted by Crippen LogP contribution is 2.31. The van der Waals surface area contributed by atoms with Crippen molar-refractivity contribution in [2.45, 2.75) is 49.4 Å². The van der Waals surface area contributed by atoms with Crippen LogP contribution in [0.1, 0.15) is 39.1 Å². The molecule has 1 heterocycles. The largest absolute Gasteiger partial charge is 0.255 e. The number of hydrogen-bond acceptors (Lipinski definition) is 4. The Bertz CT molecular complexity index is 535. The van der Waals surface area contributed by atoms with E-state index in [1.807, 2.05) is 0 Å². The first kappa shape index (κ1) is 12.5. The average Bonchev–Trinajstić information content (AvgIpc) is 2.82. The van der Waals surface area contributed by atoms with Crippen molar-refractivity contribution in [1.82, 2.24) is 9.71 Å². The van der Waals surface area contributed by atoms with Gasteiger partial charge in [0.15, 0.2) is 4.34 Å². The third kappa shape index (κ3) is 2.71. The van der Waals surface area contributed by atoms with Crippen molar-refractivity contribution in [3.63, 3.8) is 0 Å². The lowest BCUT2D eigenvalue weighted by molar-refractivity contribution is 0.423. The number of nitrogens with one attached hydrogen (secondary N) is 1. The Morgan fingerprint density at radius 3 is 2.94 bits per heavy atom. The van der Waals surface area contributed by atoms with Gasteiger partial charge in [-0.25, -0.2) is 4.98 Å². The molecule has 1 fully saturated rings. The molecular weight excluding hydrogens is 260 g/mol. The van der Waals surface area contributed by atoms with Gasteiger partial charge in [0, 0.05) is 7.47 Å². The van der Waals surface area contributed by atoms with E-state index in [2.05, 4.69) is 29.8 Å². The van der Waals surface area contributed by atoms with Crippen LogP contribution >= 0.6 is 23.3 Å². The Balaban J connectivity index is 0.00000133. The van der Waals surface area contributed by atoms with Crippen LogP contribution in [-0.4, -0.2) is 11.0 Å². The summed E-state index contributed by atoms with van der Waals surface area (Å²) in [6, 6.07) is 7.08. The Kier molecular flexibility index (Phi) is 3.87. The number of rotatable bonds is 3. The Morgan fingerprint density at radius 1 is 1.33 bits per heavy atom. The topological polar surface area (TPSA) is 24.9 Å². The van der Waals surface area contributed by atoms with Crippen molar-refractivity contribution < 1.29 is 1.43 Å². The highest BCUT2D eigenvalue weighted by atomic mass is 32.2. The van der Waals surface area contributed by atoms with Gasteiger partial charge in [0.25, 0.3) is 0 Å². The molecular formula is C14H20N2S2. The average molecular weight is 280 g/mol. The smallest absolute Gasteiger partial charge is 0.166 e. The molecule has 98 valence electrons. The molecule has 3 rings (SSSR count). The molecule has 1 aliphatic carbocycles. The minimum Gasteiger partial charge on any atom is -0.255 e. The van der Waals surface area contributed by atoms with E-state index in [-0.39, 0.29) is 1.43 Å². The Morgan fingerprint density at radius 2 is 2.17 bits per heavy atom. The summed E-state index contributed by atoms with van der Waals surface area (Å²) in [5.41, 5.74) is 2.43. The summed E-state index contributed by atoms with van der Waals surface area (Å²) in [6.07, 6.45) is 6.78. The summed E-state index contributed by atoms with van der Waals surface area (Å²) in [5, 5.41) is 0. The van der Waals surface area contributed by atoms with Crippen LogP contribution in [0, 0.1) is 6.92 Å². The molecule has 1 N–H and O–H groups in total. The van der Waals surface area contributed by atoms with Crippen molar-refractivity contribution in [2.75, 3.05) is 0 Å². The molecule has 0 unspecified atom stereocenters. The predicted octanol–water partition coefficient (Wildman–Crippen LogP) is 4.78. The molecule has 1 aromatic heterocycles. The fraction of sp³-hybridized carbons (Fsp3) is 0.500. The van der Waals surface area contributed by atoms with Crippen LogP contribution < -0.4 is 4.72 Å². The maximum absolute atomic E-state index is 4.72. The van der Waals surface area contributed by atoms with E-state index < -0.39 is 0 Å². The molecule has 0 spiro atoms. The number of thiazole rings is 1. The highest BCUT2D eigenvalue weighted by Gasteiger charge is 2.14. The molecule has 1 aliphatic rings. The molecule has 0 bridgehead atoms. The third-order valence-electron chi connectivity index (χ3n) is 3.52. The summed E-state index contributed by atoms with van der Waals surface area (Å²) in [4.78, 5) is 4.72. The van der Waals surface area contributed by atoms with Gasteiger partial charge in [0.05, 0.1) is 10.2 Å². The summed E-state index contributed by atoms with van der Waals surface area (Å²) < 4.78 is 6.02. The van der Waals surface area contributed by atoms with E-state index in [4.69, 9.17) is 4.98 Å².